The lowest BCUT2D eigenvalue weighted by Crippen LogP contribution is -2.38. The first-order chi connectivity index (χ1) is 8.42. The molecule has 0 aromatic carbocycles. The van der Waals surface area contributed by atoms with Gasteiger partial charge in [0.15, 0.2) is 0 Å². The van der Waals surface area contributed by atoms with Gasteiger partial charge in [-0.2, -0.15) is 5.26 Å². The summed E-state index contributed by atoms with van der Waals surface area (Å²) in [5, 5.41) is 17.9. The van der Waals surface area contributed by atoms with Crippen molar-refractivity contribution >= 4 is 5.97 Å². The molecule has 0 unspecified atom stereocenters. The zero-order chi connectivity index (χ0) is 13.9. The fourth-order valence-electron chi connectivity index (χ4n) is 1.63. The third-order valence-electron chi connectivity index (χ3n) is 2.82. The Labute approximate surface area is 102 Å². The normalized spacial score (nSPS) is 13.6. The van der Waals surface area contributed by atoms with Gasteiger partial charge in [-0.1, -0.05) is 20.3 Å². The number of rotatable bonds is 4. The van der Waals surface area contributed by atoms with Crippen LogP contribution >= 0.6 is 0 Å². The quantitative estimate of drug-likeness (QED) is 0.786. The SMILES string of the molecule is CC[C@H](C)[C@H](C(=O)O)n1cc(C#N)c(=O)[nH]c1=O. The number of carboxylic acid groups (broad SMARTS) is 1. The molecular formula is C11H13N3O4. The summed E-state index contributed by atoms with van der Waals surface area (Å²) in [6, 6.07) is 0.512. The molecule has 1 aromatic heterocycles. The summed E-state index contributed by atoms with van der Waals surface area (Å²) in [5.41, 5.74) is -1.93. The van der Waals surface area contributed by atoms with E-state index in [1.807, 2.05) is 4.98 Å². The Morgan fingerprint density at radius 3 is 2.67 bits per heavy atom. The van der Waals surface area contributed by atoms with Crippen molar-refractivity contribution in [3.8, 4) is 6.07 Å². The van der Waals surface area contributed by atoms with E-state index in [0.29, 0.717) is 6.42 Å². The number of carbonyl (C=O) groups is 1. The first kappa shape index (κ1) is 13.7. The van der Waals surface area contributed by atoms with Crippen LogP contribution < -0.4 is 11.2 Å². The minimum absolute atomic E-state index is 0.288. The van der Waals surface area contributed by atoms with E-state index in [9.17, 15) is 14.4 Å². The highest BCUT2D eigenvalue weighted by Crippen LogP contribution is 2.19. The van der Waals surface area contributed by atoms with E-state index in [0.717, 1.165) is 10.8 Å². The summed E-state index contributed by atoms with van der Waals surface area (Å²) in [7, 11) is 0. The van der Waals surface area contributed by atoms with E-state index in [-0.39, 0.29) is 11.5 Å². The molecular weight excluding hydrogens is 238 g/mol. The van der Waals surface area contributed by atoms with Crippen molar-refractivity contribution in [1.82, 2.24) is 9.55 Å². The Morgan fingerprint density at radius 2 is 2.22 bits per heavy atom. The lowest BCUT2D eigenvalue weighted by Gasteiger charge is -2.20. The number of hydrogen-bond donors (Lipinski definition) is 2. The second-order valence-corrected chi connectivity index (χ2v) is 3.99. The predicted molar refractivity (Wildman–Crippen MR) is 62.2 cm³/mol. The molecule has 2 atom stereocenters. The van der Waals surface area contributed by atoms with Crippen LogP contribution in [0.15, 0.2) is 15.8 Å². The average Bonchev–Trinajstić information content (AvgIpc) is 2.31. The van der Waals surface area contributed by atoms with Crippen LogP contribution in [0.4, 0.5) is 0 Å². The van der Waals surface area contributed by atoms with Crippen LogP contribution in [-0.4, -0.2) is 20.6 Å². The highest BCUT2D eigenvalue weighted by molar-refractivity contribution is 5.72. The molecule has 0 aliphatic heterocycles. The van der Waals surface area contributed by atoms with Crippen LogP contribution in [0.2, 0.25) is 0 Å². The zero-order valence-electron chi connectivity index (χ0n) is 10.0. The number of aliphatic carboxylic acids is 1. The first-order valence-corrected chi connectivity index (χ1v) is 5.40. The van der Waals surface area contributed by atoms with Gasteiger partial charge in [-0.3, -0.25) is 14.3 Å². The van der Waals surface area contributed by atoms with Crippen molar-refractivity contribution in [2.75, 3.05) is 0 Å². The Bertz CT molecular complexity index is 608. The minimum atomic E-state index is -1.18. The number of nitrogens with zero attached hydrogens (tertiary/aromatic N) is 2. The summed E-state index contributed by atoms with van der Waals surface area (Å²) in [4.78, 5) is 36.0. The molecule has 96 valence electrons. The number of hydrogen-bond acceptors (Lipinski definition) is 4. The lowest BCUT2D eigenvalue weighted by atomic mass is 9.99. The van der Waals surface area contributed by atoms with Crippen LogP contribution in [0, 0.1) is 17.2 Å². The third kappa shape index (κ3) is 2.48. The molecule has 0 aliphatic carbocycles. The third-order valence-corrected chi connectivity index (χ3v) is 2.82. The molecule has 0 spiro atoms. The monoisotopic (exact) mass is 251 g/mol. The topological polar surface area (TPSA) is 116 Å². The molecule has 0 amide bonds. The fraction of sp³-hybridized carbons (Fsp3) is 0.455. The summed E-state index contributed by atoms with van der Waals surface area (Å²) in [5.74, 6) is -1.49. The van der Waals surface area contributed by atoms with Gasteiger partial charge in [0, 0.05) is 6.20 Å². The highest BCUT2D eigenvalue weighted by atomic mass is 16.4. The lowest BCUT2D eigenvalue weighted by molar-refractivity contribution is -0.142. The molecule has 0 radical (unpaired) electrons. The first-order valence-electron chi connectivity index (χ1n) is 5.40. The Morgan fingerprint density at radius 1 is 1.61 bits per heavy atom. The minimum Gasteiger partial charge on any atom is -0.480 e. The van der Waals surface area contributed by atoms with E-state index in [1.54, 1.807) is 19.9 Å². The van der Waals surface area contributed by atoms with Gasteiger partial charge < -0.3 is 5.11 Å². The summed E-state index contributed by atoms with van der Waals surface area (Å²) < 4.78 is 0.885. The van der Waals surface area contributed by atoms with Gasteiger partial charge in [0.2, 0.25) is 0 Å². The highest BCUT2D eigenvalue weighted by Gasteiger charge is 2.27. The van der Waals surface area contributed by atoms with E-state index >= 15 is 0 Å². The molecule has 1 rings (SSSR count). The van der Waals surface area contributed by atoms with Crippen LogP contribution in [-0.2, 0) is 4.79 Å². The van der Waals surface area contributed by atoms with E-state index in [2.05, 4.69) is 0 Å². The molecule has 0 bridgehead atoms. The Balaban J connectivity index is 3.48. The standard InChI is InChI=1S/C11H13N3O4/c1-3-6(2)8(10(16)17)14-5-7(4-12)9(15)13-11(14)18/h5-6,8H,3H2,1-2H3,(H,16,17)(H,13,15,18)/t6-,8+/m0/s1. The number of aromatic amines is 1. The summed E-state index contributed by atoms with van der Waals surface area (Å²) in [6.45, 7) is 3.48. The van der Waals surface area contributed by atoms with Crippen molar-refractivity contribution in [2.24, 2.45) is 5.92 Å². The molecule has 7 nitrogen and oxygen atoms in total. The predicted octanol–water partition coefficient (Wildman–Crippen LogP) is 0.0801. The van der Waals surface area contributed by atoms with Crippen molar-refractivity contribution in [1.29, 1.82) is 5.26 Å². The maximum atomic E-state index is 11.6. The van der Waals surface area contributed by atoms with Gasteiger partial charge in [0.05, 0.1) is 0 Å². The summed E-state index contributed by atoms with van der Waals surface area (Å²) >= 11 is 0. The Kier molecular flexibility index (Phi) is 4.05. The second-order valence-electron chi connectivity index (χ2n) is 3.99. The van der Waals surface area contributed by atoms with Crippen LogP contribution in [0.1, 0.15) is 31.9 Å². The molecule has 0 saturated carbocycles. The molecule has 7 heteroatoms. The van der Waals surface area contributed by atoms with Crippen LogP contribution in [0.3, 0.4) is 0 Å². The number of nitriles is 1. The maximum Gasteiger partial charge on any atom is 0.329 e. The van der Waals surface area contributed by atoms with Gasteiger partial charge in [0.25, 0.3) is 5.56 Å². The molecule has 1 aromatic rings. The van der Waals surface area contributed by atoms with Crippen molar-refractivity contribution in [2.45, 2.75) is 26.3 Å². The number of H-pyrrole nitrogens is 1. The van der Waals surface area contributed by atoms with Gasteiger partial charge in [-0.05, 0) is 5.92 Å². The van der Waals surface area contributed by atoms with Crippen LogP contribution in [0.25, 0.3) is 0 Å². The van der Waals surface area contributed by atoms with Gasteiger partial charge in [0.1, 0.15) is 17.7 Å². The van der Waals surface area contributed by atoms with Crippen molar-refractivity contribution in [3.05, 3.63) is 32.6 Å². The van der Waals surface area contributed by atoms with Crippen LogP contribution in [0.5, 0.6) is 0 Å². The van der Waals surface area contributed by atoms with E-state index in [4.69, 9.17) is 10.4 Å². The van der Waals surface area contributed by atoms with E-state index in [1.165, 1.54) is 0 Å². The molecule has 0 saturated heterocycles. The molecule has 2 N–H and O–H groups in total. The van der Waals surface area contributed by atoms with Crippen molar-refractivity contribution in [3.63, 3.8) is 0 Å². The second kappa shape index (κ2) is 5.31. The molecule has 0 aliphatic rings. The van der Waals surface area contributed by atoms with Gasteiger partial charge >= 0.3 is 11.7 Å². The molecule has 0 fully saturated rings. The molecule has 18 heavy (non-hydrogen) atoms. The fourth-order valence-corrected chi connectivity index (χ4v) is 1.63. The van der Waals surface area contributed by atoms with Gasteiger partial charge in [-0.25, -0.2) is 9.59 Å². The van der Waals surface area contributed by atoms with E-state index < -0.39 is 23.3 Å². The summed E-state index contributed by atoms with van der Waals surface area (Å²) in [6.07, 6.45) is 1.54. The van der Waals surface area contributed by atoms with Crippen molar-refractivity contribution < 1.29 is 9.90 Å². The largest absolute Gasteiger partial charge is 0.480 e. The number of aromatic nitrogens is 2. The number of nitrogens with one attached hydrogen (secondary N) is 1. The Hall–Kier alpha value is -2.36. The smallest absolute Gasteiger partial charge is 0.329 e. The zero-order valence-corrected chi connectivity index (χ0v) is 10.0. The maximum absolute atomic E-state index is 11.6. The number of carboxylic acids is 1. The average molecular weight is 251 g/mol. The molecule has 1 heterocycles. The van der Waals surface area contributed by atoms with Gasteiger partial charge in [-0.15, -0.1) is 0 Å².